The van der Waals surface area contributed by atoms with Gasteiger partial charge in [0.25, 0.3) is 0 Å². The summed E-state index contributed by atoms with van der Waals surface area (Å²) < 4.78 is 0. The molecule has 0 radical (unpaired) electrons. The molecule has 0 bridgehead atoms. The van der Waals surface area contributed by atoms with Gasteiger partial charge in [0.15, 0.2) is 0 Å². The Hall–Kier alpha value is -1.07. The first-order valence-corrected chi connectivity index (χ1v) is 23.1. The van der Waals surface area contributed by atoms with E-state index in [0.29, 0.717) is 27.4 Å². The van der Waals surface area contributed by atoms with Crippen LogP contribution in [0, 0.1) is 0 Å². The molecule has 5 heteroatoms. The van der Waals surface area contributed by atoms with Gasteiger partial charge in [0.2, 0.25) is 0 Å². The molecule has 2 aromatic carbocycles. The molecule has 2 N–H and O–H groups in total. The molecule has 1 heterocycles. The van der Waals surface area contributed by atoms with Crippen molar-refractivity contribution in [1.29, 1.82) is 0 Å². The van der Waals surface area contributed by atoms with Crippen LogP contribution in [0.4, 0.5) is 0 Å². The van der Waals surface area contributed by atoms with Crippen molar-refractivity contribution >= 4 is 15.9 Å². The molecule has 3 unspecified atom stereocenters. The molecular formula is C38H56O2S2Ti. The van der Waals surface area contributed by atoms with E-state index in [1.807, 2.05) is 12.2 Å². The van der Waals surface area contributed by atoms with Crippen LogP contribution in [0.3, 0.4) is 0 Å². The first-order chi connectivity index (χ1) is 20.3. The predicted octanol–water partition coefficient (Wildman–Crippen LogP) is 11.2. The number of phenolic OH excluding ortho intramolecular Hbond substituents is 2. The summed E-state index contributed by atoms with van der Waals surface area (Å²) in [6, 6.07) is 9.17. The van der Waals surface area contributed by atoms with Crippen molar-refractivity contribution in [3.8, 4) is 11.5 Å². The molecule has 1 aliphatic carbocycles. The van der Waals surface area contributed by atoms with Crippen LogP contribution in [0.15, 0.2) is 49.6 Å². The van der Waals surface area contributed by atoms with Gasteiger partial charge >= 0.3 is 275 Å². The molecule has 4 rings (SSSR count). The second-order valence-electron chi connectivity index (χ2n) is 14.7. The molecule has 2 nitrogen and oxygen atoms in total. The fraction of sp³-hybridized carbons (Fsp3) is 0.579. The van der Waals surface area contributed by atoms with Gasteiger partial charge in [-0.05, 0) is 0 Å². The molecule has 2 aromatic rings. The molecule has 0 saturated heterocycles. The topological polar surface area (TPSA) is 40.5 Å². The van der Waals surface area contributed by atoms with Gasteiger partial charge in [-0.1, -0.05) is 0 Å². The average molecular weight is 657 g/mol. The summed E-state index contributed by atoms with van der Waals surface area (Å²) in [5.41, 5.74) is 7.34. The van der Waals surface area contributed by atoms with Crippen molar-refractivity contribution in [2.24, 2.45) is 0 Å². The number of aryl methyl sites for hydroxylation is 2. The van der Waals surface area contributed by atoms with Gasteiger partial charge in [-0.15, -0.1) is 0 Å². The number of benzene rings is 2. The summed E-state index contributed by atoms with van der Waals surface area (Å²) in [6.45, 7) is 21.6. The van der Waals surface area contributed by atoms with Gasteiger partial charge in [0.1, 0.15) is 0 Å². The Morgan fingerprint density at radius 3 is 1.40 bits per heavy atom. The van der Waals surface area contributed by atoms with E-state index in [0.717, 1.165) is 58.8 Å². The van der Waals surface area contributed by atoms with Crippen LogP contribution in [-0.4, -0.2) is 20.7 Å². The van der Waals surface area contributed by atoms with Crippen molar-refractivity contribution in [1.82, 2.24) is 0 Å². The summed E-state index contributed by atoms with van der Waals surface area (Å²) in [4.78, 5) is 0. The third-order valence-corrected chi connectivity index (χ3v) is 25.1. The van der Waals surface area contributed by atoms with Gasteiger partial charge in [-0.3, -0.25) is 0 Å². The zero-order valence-corrected chi connectivity index (χ0v) is 30.9. The molecule has 0 amide bonds. The van der Waals surface area contributed by atoms with Crippen LogP contribution in [0.25, 0.3) is 0 Å². The molecular weight excluding hydrogens is 600 g/mol. The average Bonchev–Trinajstić information content (AvgIpc) is 3.21. The monoisotopic (exact) mass is 656 g/mol. The normalized spacial score (nSPS) is 22.6. The Labute approximate surface area is 273 Å². The number of hydrogen-bond acceptors (Lipinski definition) is 2. The van der Waals surface area contributed by atoms with Crippen LogP contribution in [0.1, 0.15) is 126 Å². The Morgan fingerprint density at radius 1 is 0.674 bits per heavy atom. The van der Waals surface area contributed by atoms with Crippen molar-refractivity contribution in [3.63, 3.8) is 0 Å². The van der Waals surface area contributed by atoms with E-state index < -0.39 is 0 Å². The van der Waals surface area contributed by atoms with E-state index in [1.54, 1.807) is 0 Å². The van der Waals surface area contributed by atoms with E-state index in [1.165, 1.54) is 60.8 Å². The Balaban J connectivity index is 1.80. The van der Waals surface area contributed by atoms with Crippen LogP contribution >= 0.6 is 15.9 Å². The van der Waals surface area contributed by atoms with Crippen LogP contribution in [-0.2, 0) is 50.6 Å². The number of aromatic hydroxyl groups is 2. The number of rotatable bonds is 10. The van der Waals surface area contributed by atoms with Gasteiger partial charge in [-0.2, -0.15) is 0 Å². The fourth-order valence-electron chi connectivity index (χ4n) is 6.44. The number of fused-ring (bicyclic) bond motifs is 1. The van der Waals surface area contributed by atoms with Crippen LogP contribution < -0.4 is 0 Å². The molecule has 2 aliphatic rings. The maximum atomic E-state index is 11.6. The second kappa shape index (κ2) is 15.0. The van der Waals surface area contributed by atoms with E-state index in [4.69, 9.17) is 0 Å². The Morgan fingerprint density at radius 2 is 1.05 bits per heavy atom. The Kier molecular flexibility index (Phi) is 12.2. The quantitative estimate of drug-likeness (QED) is 0.197. The molecule has 1 saturated carbocycles. The van der Waals surface area contributed by atoms with E-state index in [9.17, 15) is 10.2 Å². The van der Waals surface area contributed by atoms with Crippen molar-refractivity contribution < 1.29 is 25.7 Å². The molecule has 43 heavy (non-hydrogen) atoms. The molecule has 236 valence electrons. The summed E-state index contributed by atoms with van der Waals surface area (Å²) >= 11 is -0.241. The predicted molar refractivity (Wildman–Crippen MR) is 189 cm³/mol. The molecule has 0 spiro atoms. The van der Waals surface area contributed by atoms with Gasteiger partial charge in [0.05, 0.1) is 0 Å². The zero-order valence-electron chi connectivity index (χ0n) is 27.7. The van der Waals surface area contributed by atoms with Crippen molar-refractivity contribution in [2.75, 3.05) is 0 Å². The number of phenols is 2. The SMILES string of the molecule is C=CCCc1cc(C(C)(C)C)cc(C[S]2=[Ti]=[S](Cc3cc(C(C)(C)C)cc(CCC=C)c3O)[C@H]3CCCCCCC32)c1O. The molecule has 1 fully saturated rings. The number of allylic oxidation sites excluding steroid dienone is 2. The summed E-state index contributed by atoms with van der Waals surface area (Å²) in [5, 5.41) is 24.7. The molecule has 0 aromatic heterocycles. The van der Waals surface area contributed by atoms with E-state index >= 15 is 0 Å². The number of hydrogen-bond donors (Lipinski definition) is 2. The molecule has 4 atom stereocenters. The van der Waals surface area contributed by atoms with Crippen molar-refractivity contribution in [3.05, 3.63) is 83.0 Å². The maximum absolute atomic E-state index is 11.6. The fourth-order valence-corrected chi connectivity index (χ4v) is 27.3. The van der Waals surface area contributed by atoms with Gasteiger partial charge < -0.3 is 0 Å². The third kappa shape index (κ3) is 8.81. The van der Waals surface area contributed by atoms with Gasteiger partial charge in [0, 0.05) is 0 Å². The summed E-state index contributed by atoms with van der Waals surface area (Å²) in [5.74, 6) is 3.18. The van der Waals surface area contributed by atoms with Gasteiger partial charge in [-0.25, -0.2) is 0 Å². The summed E-state index contributed by atoms with van der Waals surface area (Å²) in [6.07, 6.45) is 15.5. The third-order valence-electron chi connectivity index (χ3n) is 9.21. The van der Waals surface area contributed by atoms with Crippen LogP contribution in [0.2, 0.25) is 0 Å². The second-order valence-corrected chi connectivity index (χ2v) is 26.2. The first kappa shape index (κ1) is 34.8. The summed E-state index contributed by atoms with van der Waals surface area (Å²) in [7, 11) is 0.693. The van der Waals surface area contributed by atoms with Crippen molar-refractivity contribution in [2.45, 2.75) is 139 Å². The minimum absolute atomic E-state index is 0.0480. The first-order valence-electron chi connectivity index (χ1n) is 16.4. The zero-order chi connectivity index (χ0) is 31.4. The van der Waals surface area contributed by atoms with E-state index in [2.05, 4.69) is 79.0 Å². The standard InChI is InChI=1S/C38H56O2S2.Ti/c1-9-11-17-27-21-31(37(3,4)5)23-29(35(27)39)25-41-33-19-15-13-14-16-20-34(33)42-26-30-24-32(38(6,7)8)22-28(36(30)40)18-12-10-2;/h9-10,21-24,33-34,39-40H,1-2,11-20,25-26H2,3-8H3;/t33-,34?;/m0./s1. The minimum atomic E-state index is -0.241. The Bertz CT molecular complexity index is 1300. The van der Waals surface area contributed by atoms with Crippen LogP contribution in [0.5, 0.6) is 11.5 Å². The molecule has 1 aliphatic heterocycles. The van der Waals surface area contributed by atoms with E-state index in [-0.39, 0.29) is 26.3 Å².